The van der Waals surface area contributed by atoms with E-state index in [1.165, 1.54) is 21.0 Å². The van der Waals surface area contributed by atoms with Crippen LogP contribution in [0.1, 0.15) is 62.6 Å². The lowest BCUT2D eigenvalue weighted by Gasteiger charge is -2.28. The van der Waals surface area contributed by atoms with Crippen molar-refractivity contribution in [2.45, 2.75) is 59.5 Å². The number of para-hydroxylation sites is 2. The lowest BCUT2D eigenvalue weighted by Crippen LogP contribution is -2.35. The van der Waals surface area contributed by atoms with E-state index in [1.807, 2.05) is 42.5 Å². The number of carbonyl (C=O) groups is 1. The fourth-order valence-corrected chi connectivity index (χ4v) is 6.13. The van der Waals surface area contributed by atoms with Gasteiger partial charge in [0.15, 0.2) is 0 Å². The minimum Gasteiger partial charge on any atom is -0.492 e. The number of nitrogens with zero attached hydrogens (tertiary/aromatic N) is 2. The predicted octanol–water partition coefficient (Wildman–Crippen LogP) is 6.61. The number of ether oxygens (including phenoxy) is 1. The zero-order valence-electron chi connectivity index (χ0n) is 21.3. The van der Waals surface area contributed by atoms with Crippen LogP contribution in [0.15, 0.2) is 48.8 Å². The van der Waals surface area contributed by atoms with Gasteiger partial charge in [-0.15, -0.1) is 11.3 Å². The molecular formula is C28H38N4O2S. The zero-order valence-corrected chi connectivity index (χ0v) is 22.2. The van der Waals surface area contributed by atoms with Gasteiger partial charge < -0.3 is 19.9 Å². The number of urea groups is 1. The topological polar surface area (TPSA) is 58.5 Å². The van der Waals surface area contributed by atoms with Gasteiger partial charge in [-0.05, 0) is 68.5 Å². The Bertz CT molecular complexity index is 1110. The molecule has 6 nitrogen and oxygen atoms in total. The molecule has 3 aromatic rings. The van der Waals surface area contributed by atoms with Gasteiger partial charge in [-0.25, -0.2) is 4.79 Å². The van der Waals surface area contributed by atoms with Crippen molar-refractivity contribution in [2.24, 2.45) is 5.92 Å². The molecule has 1 aromatic carbocycles. The number of anilines is 1. The van der Waals surface area contributed by atoms with E-state index in [0.29, 0.717) is 24.0 Å². The van der Waals surface area contributed by atoms with Crippen LogP contribution in [0.3, 0.4) is 0 Å². The third-order valence-electron chi connectivity index (χ3n) is 6.56. The maximum absolute atomic E-state index is 13.3. The lowest BCUT2D eigenvalue weighted by molar-refractivity contribution is 0.246. The van der Waals surface area contributed by atoms with Gasteiger partial charge in [-0.2, -0.15) is 0 Å². The van der Waals surface area contributed by atoms with Crippen LogP contribution in [0, 0.1) is 5.92 Å². The normalized spacial score (nSPS) is 14.5. The Morgan fingerprint density at radius 3 is 2.60 bits per heavy atom. The highest BCUT2D eigenvalue weighted by Gasteiger charge is 2.30. The van der Waals surface area contributed by atoms with E-state index in [4.69, 9.17) is 4.74 Å². The number of fused-ring (bicyclic) bond motifs is 1. The molecule has 0 bridgehead atoms. The van der Waals surface area contributed by atoms with Crippen LogP contribution in [-0.2, 0) is 13.0 Å². The Morgan fingerprint density at radius 2 is 1.89 bits per heavy atom. The first-order valence-corrected chi connectivity index (χ1v) is 13.6. The molecule has 2 N–H and O–H groups in total. The van der Waals surface area contributed by atoms with E-state index in [1.54, 1.807) is 0 Å². The molecule has 1 aliphatic rings. The maximum Gasteiger partial charge on any atom is 0.319 e. The highest BCUT2D eigenvalue weighted by molar-refractivity contribution is 7.15. The second kappa shape index (κ2) is 11.8. The summed E-state index contributed by atoms with van der Waals surface area (Å²) in [7, 11) is 0. The molecule has 2 amide bonds. The predicted molar refractivity (Wildman–Crippen MR) is 145 cm³/mol. The van der Waals surface area contributed by atoms with Crippen LogP contribution in [0.5, 0.6) is 5.75 Å². The summed E-state index contributed by atoms with van der Waals surface area (Å²) < 4.78 is 7.92. The summed E-state index contributed by atoms with van der Waals surface area (Å²) in [5.41, 5.74) is 3.39. The van der Waals surface area contributed by atoms with Crippen molar-refractivity contribution in [2.75, 3.05) is 25.0 Å². The van der Waals surface area contributed by atoms with Crippen molar-refractivity contribution in [1.82, 2.24) is 14.8 Å². The third-order valence-corrected chi connectivity index (χ3v) is 7.81. The summed E-state index contributed by atoms with van der Waals surface area (Å²) in [6, 6.07) is 11.5. The first kappa shape index (κ1) is 25.3. The molecule has 0 radical (unpaired) electrons. The molecule has 2 aromatic heterocycles. The quantitative estimate of drug-likeness (QED) is 0.333. The minimum atomic E-state index is -0.199. The van der Waals surface area contributed by atoms with E-state index in [2.05, 4.69) is 65.4 Å². The van der Waals surface area contributed by atoms with Gasteiger partial charge in [0, 0.05) is 35.9 Å². The molecule has 7 heteroatoms. The first-order valence-electron chi connectivity index (χ1n) is 12.8. The summed E-state index contributed by atoms with van der Waals surface area (Å²) in [4.78, 5) is 17.2. The van der Waals surface area contributed by atoms with Crippen LogP contribution in [0.25, 0.3) is 5.00 Å². The molecule has 1 aliphatic heterocycles. The lowest BCUT2D eigenvalue weighted by atomic mass is 9.92. The molecule has 0 saturated carbocycles. The number of likely N-dealkylation sites (N-methyl/N-ethyl adjacent to an activating group) is 1. The molecule has 1 atom stereocenters. The van der Waals surface area contributed by atoms with E-state index < -0.39 is 0 Å². The second-order valence-electron chi connectivity index (χ2n) is 9.48. The Labute approximate surface area is 213 Å². The average molecular weight is 495 g/mol. The molecule has 0 aliphatic carbocycles. The van der Waals surface area contributed by atoms with Crippen LogP contribution in [0.2, 0.25) is 0 Å². The summed E-state index contributed by atoms with van der Waals surface area (Å²) in [6.07, 6.45) is 7.17. The van der Waals surface area contributed by atoms with Gasteiger partial charge in [-0.3, -0.25) is 4.90 Å². The second-order valence-corrected chi connectivity index (χ2v) is 10.6. The molecule has 0 fully saturated rings. The number of thiophene rings is 1. The molecule has 1 unspecified atom stereocenters. The fraction of sp³-hybridized carbons (Fsp3) is 0.464. The van der Waals surface area contributed by atoms with E-state index >= 15 is 0 Å². The van der Waals surface area contributed by atoms with E-state index in [9.17, 15) is 4.79 Å². The highest BCUT2D eigenvalue weighted by Crippen LogP contribution is 2.41. The molecule has 35 heavy (non-hydrogen) atoms. The zero-order chi connectivity index (χ0) is 24.8. The summed E-state index contributed by atoms with van der Waals surface area (Å²) in [5.74, 6) is 1.24. The minimum absolute atomic E-state index is 0.0674. The van der Waals surface area contributed by atoms with Gasteiger partial charge in [-0.1, -0.05) is 32.9 Å². The number of nitrogens with one attached hydrogen (secondary N) is 2. The largest absolute Gasteiger partial charge is 0.492 e. The summed E-state index contributed by atoms with van der Waals surface area (Å²) in [6.45, 7) is 12.3. The molecule has 3 heterocycles. The average Bonchev–Trinajstić information content (AvgIpc) is 3.50. The third kappa shape index (κ3) is 6.08. The van der Waals surface area contributed by atoms with Gasteiger partial charge >= 0.3 is 6.03 Å². The van der Waals surface area contributed by atoms with Crippen molar-refractivity contribution in [1.29, 1.82) is 0 Å². The van der Waals surface area contributed by atoms with Crippen molar-refractivity contribution >= 4 is 23.1 Å². The van der Waals surface area contributed by atoms with E-state index in [-0.39, 0.29) is 12.1 Å². The standard InChI is InChI=1S/C28H38N4O2S/c1-5-31-18-15-21-25(19-31)35-27(32-16-9-10-17-32)26(21)23(14-13-20(3)4)30-28(33)29-22-11-7-8-12-24(22)34-6-2/h7-12,16-17,20,23H,5-6,13-15,18-19H2,1-4H3,(H2,29,30,33). The molecule has 0 saturated heterocycles. The van der Waals surface area contributed by atoms with Gasteiger partial charge in [0.05, 0.1) is 18.3 Å². The summed E-state index contributed by atoms with van der Waals surface area (Å²) in [5, 5.41) is 7.61. The SMILES string of the molecule is CCOc1ccccc1NC(=O)NC(CCC(C)C)c1c(-n2cccc2)sc2c1CCN(CC)C2. The Hall–Kier alpha value is -2.77. The van der Waals surface area contributed by atoms with Crippen molar-refractivity contribution < 1.29 is 9.53 Å². The number of aromatic nitrogens is 1. The Kier molecular flexibility index (Phi) is 8.52. The van der Waals surface area contributed by atoms with Crippen molar-refractivity contribution in [3.05, 3.63) is 64.8 Å². The fourth-order valence-electron chi connectivity index (χ4n) is 4.71. The number of carbonyl (C=O) groups excluding carboxylic acids is 1. The van der Waals surface area contributed by atoms with Gasteiger partial charge in [0.2, 0.25) is 0 Å². The molecule has 0 spiro atoms. The molecule has 4 rings (SSSR count). The highest BCUT2D eigenvalue weighted by atomic mass is 32.1. The monoisotopic (exact) mass is 494 g/mol. The van der Waals surface area contributed by atoms with Crippen LogP contribution in [0.4, 0.5) is 10.5 Å². The van der Waals surface area contributed by atoms with E-state index in [0.717, 1.165) is 38.9 Å². The van der Waals surface area contributed by atoms with Crippen LogP contribution in [-0.4, -0.2) is 35.2 Å². The van der Waals surface area contributed by atoms with Crippen molar-refractivity contribution in [3.63, 3.8) is 0 Å². The van der Waals surface area contributed by atoms with Crippen molar-refractivity contribution in [3.8, 4) is 10.8 Å². The smallest absolute Gasteiger partial charge is 0.319 e. The van der Waals surface area contributed by atoms with Gasteiger partial charge in [0.1, 0.15) is 10.8 Å². The van der Waals surface area contributed by atoms with Crippen LogP contribution < -0.4 is 15.4 Å². The van der Waals surface area contributed by atoms with Gasteiger partial charge in [0.25, 0.3) is 0 Å². The number of amides is 2. The number of benzene rings is 1. The molecular weight excluding hydrogens is 456 g/mol. The maximum atomic E-state index is 13.3. The van der Waals surface area contributed by atoms with Crippen LogP contribution >= 0.6 is 11.3 Å². The number of rotatable bonds is 10. The first-order chi connectivity index (χ1) is 17.0. The Morgan fingerprint density at radius 1 is 1.11 bits per heavy atom. The number of hydrogen-bond acceptors (Lipinski definition) is 4. The Balaban J connectivity index is 1.66. The summed E-state index contributed by atoms with van der Waals surface area (Å²) >= 11 is 1.87. The number of hydrogen-bond donors (Lipinski definition) is 2. The molecule has 188 valence electrons.